The van der Waals surface area contributed by atoms with Crippen molar-refractivity contribution in [1.82, 2.24) is 0 Å². The van der Waals surface area contributed by atoms with Gasteiger partial charge in [-0.1, -0.05) is 0 Å². The maximum atomic E-state index is 13.2. The molecule has 0 saturated heterocycles. The third-order valence-electron chi connectivity index (χ3n) is 3.04. The number of hydrogen-bond donors (Lipinski definition) is 1. The van der Waals surface area contributed by atoms with Crippen molar-refractivity contribution in [1.29, 1.82) is 0 Å². The van der Waals surface area contributed by atoms with Crippen LogP contribution in [0.15, 0.2) is 36.4 Å². The van der Waals surface area contributed by atoms with Crippen LogP contribution < -0.4 is 14.2 Å². The van der Waals surface area contributed by atoms with E-state index >= 15 is 0 Å². The molecule has 1 heterocycles. The van der Waals surface area contributed by atoms with Gasteiger partial charge >= 0.3 is 5.97 Å². The highest BCUT2D eigenvalue weighted by Crippen LogP contribution is 2.35. The molecule has 2 aromatic carbocycles. The lowest BCUT2D eigenvalue weighted by Crippen LogP contribution is -2.06. The van der Waals surface area contributed by atoms with Crippen molar-refractivity contribution < 1.29 is 28.5 Å². The third-order valence-corrected chi connectivity index (χ3v) is 3.04. The Kier molecular flexibility index (Phi) is 3.35. The smallest absolute Gasteiger partial charge is 0.336 e. The molecule has 0 fully saturated rings. The van der Waals surface area contributed by atoms with Gasteiger partial charge in [-0.25, -0.2) is 9.18 Å². The minimum Gasteiger partial charge on any atom is -0.489 e. The summed E-state index contributed by atoms with van der Waals surface area (Å²) in [7, 11) is 0. The molecule has 0 aromatic heterocycles. The fourth-order valence-corrected chi connectivity index (χ4v) is 2.02. The van der Waals surface area contributed by atoms with Crippen molar-refractivity contribution >= 4 is 5.97 Å². The Balaban J connectivity index is 1.78. The molecule has 3 rings (SSSR count). The number of carboxylic acid groups (broad SMARTS) is 1. The summed E-state index contributed by atoms with van der Waals surface area (Å²) in [5.41, 5.74) is 0.275. The first kappa shape index (κ1) is 13.2. The Morgan fingerprint density at radius 1 is 1.19 bits per heavy atom. The standard InChI is InChI=1S/C15H11FO5/c16-10-1-3-12(15(17)18)9(5-10)7-19-11-2-4-13-14(6-11)21-8-20-13/h1-6H,7-8H2,(H,17,18). The highest BCUT2D eigenvalue weighted by atomic mass is 19.1. The number of rotatable bonds is 4. The number of benzene rings is 2. The fraction of sp³-hybridized carbons (Fsp3) is 0.133. The second kappa shape index (κ2) is 5.32. The van der Waals surface area contributed by atoms with Crippen LogP contribution in [-0.2, 0) is 6.61 Å². The van der Waals surface area contributed by atoms with Crippen molar-refractivity contribution in [2.75, 3.05) is 6.79 Å². The van der Waals surface area contributed by atoms with E-state index in [9.17, 15) is 9.18 Å². The highest BCUT2D eigenvalue weighted by Gasteiger charge is 2.15. The number of aromatic carboxylic acids is 1. The van der Waals surface area contributed by atoms with Gasteiger partial charge in [-0.3, -0.25) is 0 Å². The molecule has 1 aliphatic rings. The van der Waals surface area contributed by atoms with Gasteiger partial charge in [0.2, 0.25) is 6.79 Å². The van der Waals surface area contributed by atoms with Crippen molar-refractivity contribution in [2.45, 2.75) is 6.61 Å². The zero-order valence-corrected chi connectivity index (χ0v) is 10.8. The van der Waals surface area contributed by atoms with Crippen LogP contribution >= 0.6 is 0 Å². The number of fused-ring (bicyclic) bond motifs is 1. The molecular weight excluding hydrogens is 279 g/mol. The lowest BCUT2D eigenvalue weighted by molar-refractivity contribution is 0.0694. The summed E-state index contributed by atoms with van der Waals surface area (Å²) >= 11 is 0. The van der Waals surface area contributed by atoms with Crippen molar-refractivity contribution in [2.24, 2.45) is 0 Å². The molecule has 0 amide bonds. The van der Waals surface area contributed by atoms with E-state index in [0.29, 0.717) is 17.2 Å². The van der Waals surface area contributed by atoms with E-state index < -0.39 is 11.8 Å². The molecule has 2 aromatic rings. The minimum atomic E-state index is -1.13. The summed E-state index contributed by atoms with van der Waals surface area (Å²) in [6.07, 6.45) is 0. The summed E-state index contributed by atoms with van der Waals surface area (Å²) in [5.74, 6) is 0.0351. The molecule has 0 atom stereocenters. The molecule has 0 unspecified atom stereocenters. The van der Waals surface area contributed by atoms with Crippen LogP contribution in [0.4, 0.5) is 4.39 Å². The third kappa shape index (κ3) is 2.74. The van der Waals surface area contributed by atoms with Gasteiger partial charge in [0.15, 0.2) is 11.5 Å². The van der Waals surface area contributed by atoms with E-state index in [4.69, 9.17) is 19.3 Å². The lowest BCUT2D eigenvalue weighted by atomic mass is 10.1. The van der Waals surface area contributed by atoms with Gasteiger partial charge in [0.25, 0.3) is 0 Å². The largest absolute Gasteiger partial charge is 0.489 e. The molecule has 21 heavy (non-hydrogen) atoms. The van der Waals surface area contributed by atoms with Crippen LogP contribution in [0.3, 0.4) is 0 Å². The minimum absolute atomic E-state index is 0.0112. The first-order chi connectivity index (χ1) is 10.1. The summed E-state index contributed by atoms with van der Waals surface area (Å²) in [5, 5.41) is 9.07. The van der Waals surface area contributed by atoms with Crippen LogP contribution in [0, 0.1) is 5.82 Å². The average Bonchev–Trinajstić information content (AvgIpc) is 2.92. The molecule has 1 N–H and O–H groups in total. The van der Waals surface area contributed by atoms with Gasteiger partial charge in [-0.2, -0.15) is 0 Å². The van der Waals surface area contributed by atoms with Gasteiger partial charge in [0, 0.05) is 11.6 Å². The number of halogens is 1. The zero-order chi connectivity index (χ0) is 14.8. The summed E-state index contributed by atoms with van der Waals surface area (Å²) in [6, 6.07) is 8.48. The van der Waals surface area contributed by atoms with Crippen molar-refractivity contribution in [3.05, 3.63) is 53.3 Å². The topological polar surface area (TPSA) is 65.0 Å². The van der Waals surface area contributed by atoms with E-state index in [1.54, 1.807) is 18.2 Å². The number of carboxylic acids is 1. The number of carbonyl (C=O) groups is 1. The molecule has 0 bridgehead atoms. The van der Waals surface area contributed by atoms with Crippen LogP contribution in [0.1, 0.15) is 15.9 Å². The average molecular weight is 290 g/mol. The normalized spacial score (nSPS) is 12.2. The second-order valence-electron chi connectivity index (χ2n) is 4.41. The Morgan fingerprint density at radius 2 is 2.00 bits per heavy atom. The molecular formula is C15H11FO5. The van der Waals surface area contributed by atoms with Gasteiger partial charge in [0.05, 0.1) is 5.56 Å². The Bertz CT molecular complexity index is 698. The second-order valence-corrected chi connectivity index (χ2v) is 4.41. The zero-order valence-electron chi connectivity index (χ0n) is 10.8. The molecule has 6 heteroatoms. The Labute approximate surface area is 119 Å². The summed E-state index contributed by atoms with van der Waals surface area (Å²) in [6.45, 7) is 0.102. The number of hydrogen-bond acceptors (Lipinski definition) is 4. The van der Waals surface area contributed by atoms with Gasteiger partial charge < -0.3 is 19.3 Å². The molecule has 0 saturated carbocycles. The van der Waals surface area contributed by atoms with Crippen molar-refractivity contribution in [3.63, 3.8) is 0 Å². The predicted molar refractivity (Wildman–Crippen MR) is 70.3 cm³/mol. The van der Waals surface area contributed by atoms with Crippen LogP contribution in [0.25, 0.3) is 0 Å². The molecule has 5 nitrogen and oxygen atoms in total. The van der Waals surface area contributed by atoms with Crippen LogP contribution in [0.2, 0.25) is 0 Å². The molecule has 0 radical (unpaired) electrons. The first-order valence-electron chi connectivity index (χ1n) is 6.17. The molecule has 1 aliphatic heterocycles. The first-order valence-corrected chi connectivity index (χ1v) is 6.17. The van der Waals surface area contributed by atoms with Crippen LogP contribution in [0.5, 0.6) is 17.2 Å². The quantitative estimate of drug-likeness (QED) is 0.938. The van der Waals surface area contributed by atoms with E-state index in [1.807, 2.05) is 0 Å². The maximum Gasteiger partial charge on any atom is 0.336 e. The van der Waals surface area contributed by atoms with Gasteiger partial charge in [-0.15, -0.1) is 0 Å². The Hall–Kier alpha value is -2.76. The van der Waals surface area contributed by atoms with Gasteiger partial charge in [0.1, 0.15) is 18.2 Å². The summed E-state index contributed by atoms with van der Waals surface area (Å²) in [4.78, 5) is 11.1. The number of ether oxygens (including phenoxy) is 3. The van der Waals surface area contributed by atoms with Crippen LogP contribution in [-0.4, -0.2) is 17.9 Å². The lowest BCUT2D eigenvalue weighted by Gasteiger charge is -2.09. The Morgan fingerprint density at radius 3 is 2.81 bits per heavy atom. The van der Waals surface area contributed by atoms with E-state index in [1.165, 1.54) is 6.07 Å². The summed E-state index contributed by atoms with van der Waals surface area (Å²) < 4.78 is 29.1. The van der Waals surface area contributed by atoms with Gasteiger partial charge in [-0.05, 0) is 30.3 Å². The van der Waals surface area contributed by atoms with E-state index in [-0.39, 0.29) is 24.5 Å². The molecule has 0 spiro atoms. The highest BCUT2D eigenvalue weighted by molar-refractivity contribution is 5.89. The monoisotopic (exact) mass is 290 g/mol. The van der Waals surface area contributed by atoms with Crippen molar-refractivity contribution in [3.8, 4) is 17.2 Å². The SMILES string of the molecule is O=C(O)c1ccc(F)cc1COc1ccc2c(c1)OCO2. The maximum absolute atomic E-state index is 13.2. The molecule has 108 valence electrons. The predicted octanol–water partition coefficient (Wildman–Crippen LogP) is 2.83. The van der Waals surface area contributed by atoms with E-state index in [2.05, 4.69) is 0 Å². The fourth-order valence-electron chi connectivity index (χ4n) is 2.02. The molecule has 0 aliphatic carbocycles. The van der Waals surface area contributed by atoms with E-state index in [0.717, 1.165) is 12.1 Å².